The van der Waals surface area contributed by atoms with Gasteiger partial charge in [-0.15, -0.1) is 0 Å². The van der Waals surface area contributed by atoms with Gasteiger partial charge in [0.2, 0.25) is 5.91 Å². The Kier molecular flexibility index (Phi) is 4.84. The van der Waals surface area contributed by atoms with E-state index < -0.39 is 0 Å². The van der Waals surface area contributed by atoms with Crippen molar-refractivity contribution in [2.75, 3.05) is 13.1 Å². The standard InChI is InChI=1S/C16H20ClNO2/c1-11(13-4-3-5-15(17)9-13)8-16(20)18-7-6-14(10-18)12(2)19/h3-5,8-9,12,14,19H,6-7,10H2,1-2H3/b11-8-. The fraction of sp³-hybridized carbons (Fsp3) is 0.438. The van der Waals surface area contributed by atoms with E-state index in [0.717, 1.165) is 17.6 Å². The summed E-state index contributed by atoms with van der Waals surface area (Å²) in [5.41, 5.74) is 1.86. The molecule has 0 aromatic heterocycles. The van der Waals surface area contributed by atoms with Gasteiger partial charge in [-0.3, -0.25) is 4.79 Å². The second-order valence-corrected chi connectivity index (χ2v) is 5.85. The minimum Gasteiger partial charge on any atom is -0.393 e. The maximum absolute atomic E-state index is 12.2. The first-order chi connectivity index (χ1) is 9.47. The highest BCUT2D eigenvalue weighted by molar-refractivity contribution is 6.30. The van der Waals surface area contributed by atoms with Crippen molar-refractivity contribution < 1.29 is 9.90 Å². The number of nitrogens with zero attached hydrogens (tertiary/aromatic N) is 1. The number of rotatable bonds is 3. The minimum atomic E-state index is -0.356. The fourth-order valence-electron chi connectivity index (χ4n) is 2.47. The highest BCUT2D eigenvalue weighted by atomic mass is 35.5. The van der Waals surface area contributed by atoms with Crippen LogP contribution in [-0.4, -0.2) is 35.1 Å². The Hall–Kier alpha value is -1.32. The number of halogens is 1. The van der Waals surface area contributed by atoms with Crippen LogP contribution in [0.4, 0.5) is 0 Å². The first kappa shape index (κ1) is 15.1. The zero-order chi connectivity index (χ0) is 14.7. The molecule has 1 fully saturated rings. The van der Waals surface area contributed by atoms with Crippen molar-refractivity contribution in [2.24, 2.45) is 5.92 Å². The maximum Gasteiger partial charge on any atom is 0.246 e. The predicted octanol–water partition coefficient (Wildman–Crippen LogP) is 2.97. The molecule has 1 amide bonds. The summed E-state index contributed by atoms with van der Waals surface area (Å²) in [4.78, 5) is 14.0. The number of carbonyl (C=O) groups excluding carboxylic acids is 1. The van der Waals surface area contributed by atoms with Gasteiger partial charge in [0.05, 0.1) is 6.10 Å². The van der Waals surface area contributed by atoms with Crippen molar-refractivity contribution >= 4 is 23.1 Å². The lowest BCUT2D eigenvalue weighted by Gasteiger charge is -2.16. The highest BCUT2D eigenvalue weighted by Crippen LogP contribution is 2.22. The molecule has 1 aliphatic heterocycles. The van der Waals surface area contributed by atoms with Crippen LogP contribution in [0.3, 0.4) is 0 Å². The van der Waals surface area contributed by atoms with Crippen LogP contribution in [0, 0.1) is 5.92 Å². The summed E-state index contributed by atoms with van der Waals surface area (Å²) in [5.74, 6) is 0.199. The maximum atomic E-state index is 12.2. The molecule has 1 saturated heterocycles. The summed E-state index contributed by atoms with van der Waals surface area (Å²) in [5, 5.41) is 10.2. The number of aliphatic hydroxyl groups excluding tert-OH is 1. The Bertz CT molecular complexity index is 525. The SMILES string of the molecule is C/C(=C/C(=O)N1CCC(C(C)O)C1)c1cccc(Cl)c1. The average molecular weight is 294 g/mol. The molecule has 1 heterocycles. The molecule has 2 atom stereocenters. The van der Waals surface area contributed by atoms with Gasteiger partial charge in [-0.1, -0.05) is 23.7 Å². The van der Waals surface area contributed by atoms with Gasteiger partial charge in [0, 0.05) is 30.1 Å². The van der Waals surface area contributed by atoms with Gasteiger partial charge in [-0.05, 0) is 43.5 Å². The van der Waals surface area contributed by atoms with E-state index in [0.29, 0.717) is 18.1 Å². The normalized spacial score (nSPS) is 21.1. The van der Waals surface area contributed by atoms with E-state index in [1.165, 1.54) is 0 Å². The van der Waals surface area contributed by atoms with Crippen LogP contribution >= 0.6 is 11.6 Å². The minimum absolute atomic E-state index is 0.00521. The predicted molar refractivity (Wildman–Crippen MR) is 81.5 cm³/mol. The lowest BCUT2D eigenvalue weighted by atomic mass is 10.0. The fourth-order valence-corrected chi connectivity index (χ4v) is 2.67. The van der Waals surface area contributed by atoms with Gasteiger partial charge < -0.3 is 10.0 Å². The first-order valence-corrected chi connectivity index (χ1v) is 7.26. The molecule has 0 bridgehead atoms. The summed E-state index contributed by atoms with van der Waals surface area (Å²) in [7, 11) is 0. The summed E-state index contributed by atoms with van der Waals surface area (Å²) in [6, 6.07) is 7.48. The van der Waals surface area contributed by atoms with E-state index in [9.17, 15) is 9.90 Å². The monoisotopic (exact) mass is 293 g/mol. The molecule has 0 saturated carbocycles. The molecule has 0 radical (unpaired) electrons. The second kappa shape index (κ2) is 6.42. The number of benzene rings is 1. The van der Waals surface area contributed by atoms with Crippen LogP contribution in [0.2, 0.25) is 5.02 Å². The van der Waals surface area contributed by atoms with Crippen LogP contribution in [0.25, 0.3) is 5.57 Å². The number of allylic oxidation sites excluding steroid dienone is 1. The number of amides is 1. The van der Waals surface area contributed by atoms with Crippen molar-refractivity contribution in [1.82, 2.24) is 4.90 Å². The molecule has 2 unspecified atom stereocenters. The number of hydrogen-bond donors (Lipinski definition) is 1. The second-order valence-electron chi connectivity index (χ2n) is 5.41. The lowest BCUT2D eigenvalue weighted by molar-refractivity contribution is -0.125. The third-order valence-corrected chi connectivity index (χ3v) is 4.07. The van der Waals surface area contributed by atoms with E-state index in [4.69, 9.17) is 11.6 Å². The van der Waals surface area contributed by atoms with Crippen molar-refractivity contribution in [3.63, 3.8) is 0 Å². The lowest BCUT2D eigenvalue weighted by Crippen LogP contribution is -2.29. The molecule has 4 heteroatoms. The Morgan fingerprint density at radius 1 is 1.55 bits per heavy atom. The Morgan fingerprint density at radius 2 is 2.30 bits per heavy atom. The third kappa shape index (κ3) is 3.62. The number of aliphatic hydroxyl groups is 1. The molecule has 0 spiro atoms. The molecule has 2 rings (SSSR count). The molecule has 1 N–H and O–H groups in total. The van der Waals surface area contributed by atoms with Crippen molar-refractivity contribution in [3.8, 4) is 0 Å². The molecule has 1 aromatic carbocycles. The van der Waals surface area contributed by atoms with Gasteiger partial charge in [0.1, 0.15) is 0 Å². The Labute approximate surface area is 124 Å². The third-order valence-electron chi connectivity index (χ3n) is 3.84. The zero-order valence-corrected chi connectivity index (χ0v) is 12.6. The van der Waals surface area contributed by atoms with Gasteiger partial charge >= 0.3 is 0 Å². The van der Waals surface area contributed by atoms with Gasteiger partial charge in [-0.25, -0.2) is 0 Å². The summed E-state index contributed by atoms with van der Waals surface area (Å²) in [6.07, 6.45) is 2.16. The molecule has 0 aliphatic carbocycles. The van der Waals surface area contributed by atoms with E-state index in [1.807, 2.05) is 31.2 Å². The number of carbonyl (C=O) groups is 1. The highest BCUT2D eigenvalue weighted by Gasteiger charge is 2.28. The van der Waals surface area contributed by atoms with Gasteiger partial charge in [0.15, 0.2) is 0 Å². The number of likely N-dealkylation sites (tertiary alicyclic amines) is 1. The molecular weight excluding hydrogens is 274 g/mol. The first-order valence-electron chi connectivity index (χ1n) is 6.88. The van der Waals surface area contributed by atoms with Crippen LogP contribution in [0.1, 0.15) is 25.8 Å². The Morgan fingerprint density at radius 3 is 2.90 bits per heavy atom. The van der Waals surface area contributed by atoms with Gasteiger partial charge in [-0.2, -0.15) is 0 Å². The van der Waals surface area contributed by atoms with Gasteiger partial charge in [0.25, 0.3) is 0 Å². The summed E-state index contributed by atoms with van der Waals surface area (Å²) >= 11 is 5.96. The van der Waals surface area contributed by atoms with Crippen molar-refractivity contribution in [1.29, 1.82) is 0 Å². The quantitative estimate of drug-likeness (QED) is 0.871. The molecule has 20 heavy (non-hydrogen) atoms. The van der Waals surface area contributed by atoms with E-state index in [2.05, 4.69) is 0 Å². The number of hydrogen-bond acceptors (Lipinski definition) is 2. The molecule has 3 nitrogen and oxygen atoms in total. The zero-order valence-electron chi connectivity index (χ0n) is 11.8. The summed E-state index contributed by atoms with van der Waals surface area (Å²) < 4.78 is 0. The topological polar surface area (TPSA) is 40.5 Å². The van der Waals surface area contributed by atoms with Crippen molar-refractivity contribution in [2.45, 2.75) is 26.4 Å². The Balaban J connectivity index is 2.05. The van der Waals surface area contributed by atoms with Crippen LogP contribution in [0.15, 0.2) is 30.3 Å². The van der Waals surface area contributed by atoms with Crippen LogP contribution in [0.5, 0.6) is 0 Å². The molecule has 108 valence electrons. The molecular formula is C16H20ClNO2. The van der Waals surface area contributed by atoms with E-state index in [1.54, 1.807) is 17.9 Å². The van der Waals surface area contributed by atoms with Crippen molar-refractivity contribution in [3.05, 3.63) is 40.9 Å². The smallest absolute Gasteiger partial charge is 0.246 e. The largest absolute Gasteiger partial charge is 0.393 e. The average Bonchev–Trinajstić information content (AvgIpc) is 2.88. The molecule has 1 aliphatic rings. The van der Waals surface area contributed by atoms with Crippen LogP contribution in [-0.2, 0) is 4.79 Å². The van der Waals surface area contributed by atoms with E-state index in [-0.39, 0.29) is 17.9 Å². The summed E-state index contributed by atoms with van der Waals surface area (Å²) in [6.45, 7) is 5.04. The van der Waals surface area contributed by atoms with E-state index >= 15 is 0 Å². The molecule has 1 aromatic rings. The van der Waals surface area contributed by atoms with Crippen LogP contribution < -0.4 is 0 Å².